The van der Waals surface area contributed by atoms with Crippen molar-refractivity contribution in [2.24, 2.45) is 0 Å². The van der Waals surface area contributed by atoms with Crippen LogP contribution >= 0.6 is 11.3 Å². The summed E-state index contributed by atoms with van der Waals surface area (Å²) in [6.45, 7) is 18.4. The number of hydrogen-bond acceptors (Lipinski definition) is 2. The summed E-state index contributed by atoms with van der Waals surface area (Å²) in [5.74, 6) is 0. The van der Waals surface area contributed by atoms with Crippen molar-refractivity contribution >= 4 is 48.6 Å². The van der Waals surface area contributed by atoms with E-state index in [-0.39, 0.29) is 16.2 Å². The first-order chi connectivity index (χ1) is 20.3. The monoisotopic (exact) mass is 579 g/mol. The lowest BCUT2D eigenvalue weighted by Crippen LogP contribution is -2.17. The second-order valence-corrected chi connectivity index (χ2v) is 15.9. The maximum Gasteiger partial charge on any atom is 0.0465 e. The van der Waals surface area contributed by atoms with Crippen LogP contribution in [0, 0.1) is 0 Å². The Kier molecular flexibility index (Phi) is 6.21. The number of nitrogens with zero attached hydrogens (tertiary/aromatic N) is 1. The first-order valence-corrected chi connectivity index (χ1v) is 16.3. The molecule has 43 heavy (non-hydrogen) atoms. The van der Waals surface area contributed by atoms with E-state index < -0.39 is 0 Å². The van der Waals surface area contributed by atoms with Gasteiger partial charge in [0.15, 0.2) is 0 Å². The summed E-state index contributed by atoms with van der Waals surface area (Å²) in [6, 6.07) is 39.1. The highest BCUT2D eigenvalue weighted by Gasteiger charge is 2.37. The standard InChI is InChI=1S/C41H41NS/c1-39(2,3)26-13-17-28(18-14-26)42(29-19-15-27(16-20-29)40(4,5)6)30-21-22-31-33-25-38-34(32-11-9-10-12-37(32)43-38)24-36(33)41(7,8)35(31)23-30/h9-25H,1-8H3. The van der Waals surface area contributed by atoms with Crippen molar-refractivity contribution in [2.45, 2.75) is 71.6 Å². The molecule has 0 fully saturated rings. The minimum absolute atomic E-state index is 0.101. The van der Waals surface area contributed by atoms with Gasteiger partial charge < -0.3 is 4.90 Å². The molecule has 0 saturated carbocycles. The van der Waals surface area contributed by atoms with Crippen molar-refractivity contribution in [3.05, 3.63) is 125 Å². The van der Waals surface area contributed by atoms with E-state index in [1.807, 2.05) is 11.3 Å². The van der Waals surface area contributed by atoms with Crippen LogP contribution in [-0.4, -0.2) is 0 Å². The molecular weight excluding hydrogens is 539 g/mol. The summed E-state index contributed by atoms with van der Waals surface area (Å²) in [5, 5.41) is 2.74. The van der Waals surface area contributed by atoms with Gasteiger partial charge in [0.25, 0.3) is 0 Å². The van der Waals surface area contributed by atoms with Crippen molar-refractivity contribution in [1.82, 2.24) is 0 Å². The molecule has 7 rings (SSSR count). The molecule has 1 heterocycles. The Morgan fingerprint density at radius 3 is 1.63 bits per heavy atom. The third-order valence-corrected chi connectivity index (χ3v) is 10.5. The van der Waals surface area contributed by atoms with Crippen LogP contribution in [0.1, 0.15) is 77.6 Å². The van der Waals surface area contributed by atoms with E-state index in [4.69, 9.17) is 0 Å². The molecule has 0 spiro atoms. The van der Waals surface area contributed by atoms with Gasteiger partial charge in [-0.2, -0.15) is 0 Å². The van der Waals surface area contributed by atoms with Crippen LogP contribution < -0.4 is 4.90 Å². The van der Waals surface area contributed by atoms with Gasteiger partial charge in [0.2, 0.25) is 0 Å². The van der Waals surface area contributed by atoms with Gasteiger partial charge in [-0.15, -0.1) is 11.3 Å². The molecule has 0 saturated heterocycles. The van der Waals surface area contributed by atoms with Crippen LogP contribution in [0.5, 0.6) is 0 Å². The summed E-state index contributed by atoms with van der Waals surface area (Å²) < 4.78 is 2.73. The number of thiophene rings is 1. The van der Waals surface area contributed by atoms with Crippen LogP contribution in [0.2, 0.25) is 0 Å². The van der Waals surface area contributed by atoms with E-state index in [0.717, 1.165) is 0 Å². The highest BCUT2D eigenvalue weighted by molar-refractivity contribution is 7.25. The predicted octanol–water partition coefficient (Wildman–Crippen LogP) is 12.4. The Morgan fingerprint density at radius 2 is 1.05 bits per heavy atom. The lowest BCUT2D eigenvalue weighted by atomic mass is 9.82. The molecule has 1 aliphatic rings. The zero-order valence-electron chi connectivity index (χ0n) is 26.7. The van der Waals surface area contributed by atoms with Crippen LogP contribution in [0.25, 0.3) is 31.3 Å². The Balaban J connectivity index is 1.37. The normalized spacial score (nSPS) is 14.2. The maximum atomic E-state index is 2.47. The summed E-state index contributed by atoms with van der Waals surface area (Å²) in [5.41, 5.74) is 11.9. The quantitative estimate of drug-likeness (QED) is 0.202. The second kappa shape index (κ2) is 9.56. The Hall–Kier alpha value is -3.88. The van der Waals surface area contributed by atoms with Crippen LogP contribution in [0.4, 0.5) is 17.1 Å². The number of rotatable bonds is 3. The molecule has 5 aromatic carbocycles. The molecule has 0 N–H and O–H groups in total. The van der Waals surface area contributed by atoms with E-state index in [9.17, 15) is 0 Å². The molecule has 2 heteroatoms. The Bertz CT molecular complexity index is 1930. The first-order valence-electron chi connectivity index (χ1n) is 15.4. The van der Waals surface area contributed by atoms with Gasteiger partial charge in [-0.05, 0) is 98.8 Å². The second-order valence-electron chi connectivity index (χ2n) is 14.8. The van der Waals surface area contributed by atoms with Gasteiger partial charge in [-0.3, -0.25) is 0 Å². The van der Waals surface area contributed by atoms with E-state index in [1.165, 1.54) is 70.6 Å². The van der Waals surface area contributed by atoms with Crippen molar-refractivity contribution in [2.75, 3.05) is 4.90 Å². The molecule has 0 radical (unpaired) electrons. The maximum absolute atomic E-state index is 2.47. The van der Waals surface area contributed by atoms with Gasteiger partial charge in [0, 0.05) is 42.6 Å². The molecule has 0 bridgehead atoms. The average Bonchev–Trinajstić information content (AvgIpc) is 3.43. The minimum atomic E-state index is -0.101. The third-order valence-electron chi connectivity index (χ3n) is 9.40. The summed E-state index contributed by atoms with van der Waals surface area (Å²) in [6.07, 6.45) is 0. The van der Waals surface area contributed by atoms with Crippen molar-refractivity contribution < 1.29 is 0 Å². The summed E-state index contributed by atoms with van der Waals surface area (Å²) in [7, 11) is 0. The molecule has 0 unspecified atom stereocenters. The fourth-order valence-electron chi connectivity index (χ4n) is 6.75. The molecule has 1 aliphatic carbocycles. The van der Waals surface area contributed by atoms with Crippen LogP contribution in [-0.2, 0) is 16.2 Å². The highest BCUT2D eigenvalue weighted by Crippen LogP contribution is 2.53. The molecule has 216 valence electrons. The summed E-state index contributed by atoms with van der Waals surface area (Å²) in [4.78, 5) is 2.42. The highest BCUT2D eigenvalue weighted by atomic mass is 32.1. The summed E-state index contributed by atoms with van der Waals surface area (Å²) >= 11 is 1.90. The van der Waals surface area contributed by atoms with Gasteiger partial charge in [-0.1, -0.05) is 104 Å². The average molecular weight is 580 g/mol. The van der Waals surface area contributed by atoms with Crippen molar-refractivity contribution in [1.29, 1.82) is 0 Å². The van der Waals surface area contributed by atoms with Gasteiger partial charge in [0.05, 0.1) is 0 Å². The Labute approximate surface area is 260 Å². The van der Waals surface area contributed by atoms with Gasteiger partial charge >= 0.3 is 0 Å². The van der Waals surface area contributed by atoms with Crippen LogP contribution in [0.15, 0.2) is 103 Å². The number of anilines is 3. The predicted molar refractivity (Wildman–Crippen MR) is 189 cm³/mol. The number of benzene rings is 5. The largest absolute Gasteiger partial charge is 0.310 e. The smallest absolute Gasteiger partial charge is 0.0465 e. The zero-order valence-corrected chi connectivity index (χ0v) is 27.5. The van der Waals surface area contributed by atoms with Crippen molar-refractivity contribution in [3.8, 4) is 11.1 Å². The molecule has 1 nitrogen and oxygen atoms in total. The molecule has 1 aromatic heterocycles. The fraction of sp³-hybridized carbons (Fsp3) is 0.268. The zero-order chi connectivity index (χ0) is 30.3. The number of hydrogen-bond donors (Lipinski definition) is 0. The molecule has 6 aromatic rings. The van der Waals surface area contributed by atoms with E-state index >= 15 is 0 Å². The van der Waals surface area contributed by atoms with Crippen LogP contribution in [0.3, 0.4) is 0 Å². The van der Waals surface area contributed by atoms with E-state index in [2.05, 4.69) is 163 Å². The lowest BCUT2D eigenvalue weighted by Gasteiger charge is -2.29. The molecule has 0 aliphatic heterocycles. The topological polar surface area (TPSA) is 3.24 Å². The Morgan fingerprint density at radius 1 is 0.512 bits per heavy atom. The molecule has 0 atom stereocenters. The van der Waals surface area contributed by atoms with Gasteiger partial charge in [-0.25, -0.2) is 0 Å². The van der Waals surface area contributed by atoms with E-state index in [1.54, 1.807) is 0 Å². The van der Waals surface area contributed by atoms with E-state index in [0.29, 0.717) is 0 Å². The SMILES string of the molecule is CC(C)(C)c1ccc(N(c2ccc(C(C)(C)C)cc2)c2ccc3c(c2)C(C)(C)c2cc4c(cc2-3)sc2ccccc24)cc1. The molecule has 0 amide bonds. The number of fused-ring (bicyclic) bond motifs is 6. The first kappa shape index (κ1) is 27.9. The fourth-order valence-corrected chi connectivity index (χ4v) is 7.87. The molecular formula is C41H41NS. The lowest BCUT2D eigenvalue weighted by molar-refractivity contribution is 0.590. The van der Waals surface area contributed by atoms with Crippen molar-refractivity contribution in [3.63, 3.8) is 0 Å². The minimum Gasteiger partial charge on any atom is -0.310 e. The van der Waals surface area contributed by atoms with Gasteiger partial charge in [0.1, 0.15) is 0 Å². The third kappa shape index (κ3) is 4.59.